The SMILES string of the molecule is CC1CC(c2ccccc2F)N(c2ccc(S(=O)(=O)N3CCOCC3)cc2[N+](=O)[O-])C1. The van der Waals surface area contributed by atoms with Crippen molar-refractivity contribution in [3.8, 4) is 0 Å². The number of nitro benzene ring substituents is 1. The van der Waals surface area contributed by atoms with Crippen LogP contribution in [0.15, 0.2) is 47.4 Å². The Bertz CT molecular complexity index is 1090. The molecule has 0 aliphatic carbocycles. The van der Waals surface area contributed by atoms with E-state index >= 15 is 0 Å². The molecule has 2 heterocycles. The molecule has 0 radical (unpaired) electrons. The molecule has 0 saturated carbocycles. The molecule has 0 amide bonds. The lowest BCUT2D eigenvalue weighted by atomic mass is 10.00. The van der Waals surface area contributed by atoms with E-state index < -0.39 is 14.9 Å². The lowest BCUT2D eigenvalue weighted by Crippen LogP contribution is -2.40. The molecular formula is C21H24FN3O5S. The maximum absolute atomic E-state index is 14.5. The zero-order valence-corrected chi connectivity index (χ0v) is 17.9. The fourth-order valence-corrected chi connectivity index (χ4v) is 5.77. The van der Waals surface area contributed by atoms with Crippen LogP contribution in [-0.4, -0.2) is 50.5 Å². The second-order valence-electron chi connectivity index (χ2n) is 7.95. The zero-order valence-electron chi connectivity index (χ0n) is 17.1. The summed E-state index contributed by atoms with van der Waals surface area (Å²) in [6.45, 7) is 3.50. The Kier molecular flexibility index (Phi) is 5.96. The fraction of sp³-hybridized carbons (Fsp3) is 0.429. The fourth-order valence-electron chi connectivity index (χ4n) is 4.34. The van der Waals surface area contributed by atoms with Gasteiger partial charge in [-0.25, -0.2) is 12.8 Å². The molecule has 0 aromatic heterocycles. The minimum atomic E-state index is -3.87. The minimum Gasteiger partial charge on any atom is -0.379 e. The Morgan fingerprint density at radius 2 is 1.87 bits per heavy atom. The third-order valence-electron chi connectivity index (χ3n) is 5.84. The van der Waals surface area contributed by atoms with E-state index in [1.54, 1.807) is 18.2 Å². The van der Waals surface area contributed by atoms with Gasteiger partial charge < -0.3 is 9.64 Å². The number of sulfonamides is 1. The Morgan fingerprint density at radius 1 is 1.16 bits per heavy atom. The summed E-state index contributed by atoms with van der Waals surface area (Å²) in [5.74, 6) is -0.165. The number of nitro groups is 1. The molecule has 4 rings (SSSR count). The molecule has 8 nitrogen and oxygen atoms in total. The van der Waals surface area contributed by atoms with Gasteiger partial charge in [-0.1, -0.05) is 25.1 Å². The molecule has 0 bridgehead atoms. The molecule has 2 saturated heterocycles. The molecule has 166 valence electrons. The average molecular weight is 450 g/mol. The monoisotopic (exact) mass is 449 g/mol. The van der Waals surface area contributed by atoms with Gasteiger partial charge in [0.05, 0.1) is 29.1 Å². The van der Waals surface area contributed by atoms with E-state index in [-0.39, 0.29) is 54.7 Å². The molecule has 2 aliphatic heterocycles. The molecule has 2 aliphatic rings. The summed E-state index contributed by atoms with van der Waals surface area (Å²) in [5.41, 5.74) is 0.472. The van der Waals surface area contributed by atoms with Crippen molar-refractivity contribution in [1.82, 2.24) is 4.31 Å². The predicted molar refractivity (Wildman–Crippen MR) is 113 cm³/mol. The van der Waals surface area contributed by atoms with Crippen LogP contribution in [0.5, 0.6) is 0 Å². The molecule has 10 heteroatoms. The molecule has 2 aromatic rings. The smallest absolute Gasteiger partial charge is 0.293 e. The number of hydrogen-bond donors (Lipinski definition) is 0. The van der Waals surface area contributed by atoms with Gasteiger partial charge in [0.25, 0.3) is 5.69 Å². The number of morpholine rings is 1. The van der Waals surface area contributed by atoms with Gasteiger partial charge in [0.15, 0.2) is 0 Å². The van der Waals surface area contributed by atoms with Crippen LogP contribution in [0.4, 0.5) is 15.8 Å². The van der Waals surface area contributed by atoms with Crippen LogP contribution in [0, 0.1) is 21.8 Å². The Labute approximate surface area is 180 Å². The summed E-state index contributed by atoms with van der Waals surface area (Å²) < 4.78 is 46.9. The summed E-state index contributed by atoms with van der Waals surface area (Å²) >= 11 is 0. The van der Waals surface area contributed by atoms with Gasteiger partial charge in [0.2, 0.25) is 10.0 Å². The summed E-state index contributed by atoms with van der Waals surface area (Å²) in [4.78, 5) is 13.0. The number of ether oxygens (including phenoxy) is 1. The number of nitrogens with zero attached hydrogens (tertiary/aromatic N) is 3. The van der Waals surface area contributed by atoms with Crippen LogP contribution in [0.25, 0.3) is 0 Å². The van der Waals surface area contributed by atoms with Gasteiger partial charge >= 0.3 is 0 Å². The van der Waals surface area contributed by atoms with E-state index in [1.165, 1.54) is 22.5 Å². The summed E-state index contributed by atoms with van der Waals surface area (Å²) in [5, 5.41) is 11.9. The van der Waals surface area contributed by atoms with Crippen molar-refractivity contribution in [2.24, 2.45) is 5.92 Å². The first-order chi connectivity index (χ1) is 14.8. The number of hydrogen-bond acceptors (Lipinski definition) is 6. The normalized spacial score (nSPS) is 22.6. The van der Waals surface area contributed by atoms with Gasteiger partial charge in [0, 0.05) is 31.3 Å². The van der Waals surface area contributed by atoms with Crippen LogP contribution in [0.2, 0.25) is 0 Å². The van der Waals surface area contributed by atoms with Gasteiger partial charge in [-0.3, -0.25) is 10.1 Å². The molecule has 2 unspecified atom stereocenters. The predicted octanol–water partition coefficient (Wildman–Crippen LogP) is 3.34. The van der Waals surface area contributed by atoms with Crippen LogP contribution < -0.4 is 4.90 Å². The van der Waals surface area contributed by atoms with Crippen molar-refractivity contribution in [1.29, 1.82) is 0 Å². The standard InChI is InChI=1S/C21H24FN3O5S/c1-15-12-20(17-4-2-3-5-18(17)22)24(14-15)19-7-6-16(13-21(19)25(26)27)31(28,29)23-8-10-30-11-9-23/h2-7,13,15,20H,8-12,14H2,1H3. The van der Waals surface area contributed by atoms with E-state index in [2.05, 4.69) is 0 Å². The maximum Gasteiger partial charge on any atom is 0.293 e. The van der Waals surface area contributed by atoms with Crippen molar-refractivity contribution in [3.05, 3.63) is 64.0 Å². The number of rotatable bonds is 5. The Hall–Kier alpha value is -2.56. The molecule has 2 aromatic carbocycles. The van der Waals surface area contributed by atoms with Gasteiger partial charge in [-0.15, -0.1) is 0 Å². The van der Waals surface area contributed by atoms with Crippen LogP contribution in [0.1, 0.15) is 24.9 Å². The third kappa shape index (κ3) is 4.15. The summed E-state index contributed by atoms with van der Waals surface area (Å²) in [7, 11) is -3.87. The number of halogens is 1. The van der Waals surface area contributed by atoms with E-state index in [0.717, 1.165) is 6.07 Å². The first-order valence-corrected chi connectivity index (χ1v) is 11.6. The van der Waals surface area contributed by atoms with Crippen molar-refractivity contribution < 1.29 is 22.5 Å². The van der Waals surface area contributed by atoms with Crippen molar-refractivity contribution >= 4 is 21.4 Å². The second kappa shape index (κ2) is 8.52. The number of anilines is 1. The molecule has 2 atom stereocenters. The third-order valence-corrected chi connectivity index (χ3v) is 7.73. The summed E-state index contributed by atoms with van der Waals surface area (Å²) in [6, 6.07) is 10.0. The van der Waals surface area contributed by atoms with Crippen LogP contribution >= 0.6 is 0 Å². The average Bonchev–Trinajstić information content (AvgIpc) is 3.15. The molecule has 0 spiro atoms. The van der Waals surface area contributed by atoms with E-state index in [1.807, 2.05) is 11.8 Å². The highest BCUT2D eigenvalue weighted by Gasteiger charge is 2.37. The lowest BCUT2D eigenvalue weighted by Gasteiger charge is -2.28. The summed E-state index contributed by atoms with van der Waals surface area (Å²) in [6.07, 6.45) is 0.645. The van der Waals surface area contributed by atoms with E-state index in [4.69, 9.17) is 4.74 Å². The second-order valence-corrected chi connectivity index (χ2v) is 9.89. The lowest BCUT2D eigenvalue weighted by molar-refractivity contribution is -0.384. The first-order valence-electron chi connectivity index (χ1n) is 10.2. The first kappa shape index (κ1) is 21.7. The van der Waals surface area contributed by atoms with Crippen molar-refractivity contribution in [3.63, 3.8) is 0 Å². The quantitative estimate of drug-likeness (QED) is 0.513. The molecule has 31 heavy (non-hydrogen) atoms. The zero-order chi connectivity index (χ0) is 22.2. The Morgan fingerprint density at radius 3 is 2.55 bits per heavy atom. The van der Waals surface area contributed by atoms with E-state index in [9.17, 15) is 22.9 Å². The van der Waals surface area contributed by atoms with Crippen molar-refractivity contribution in [2.75, 3.05) is 37.7 Å². The minimum absolute atomic E-state index is 0.125. The maximum atomic E-state index is 14.5. The van der Waals surface area contributed by atoms with Gasteiger partial charge in [0.1, 0.15) is 11.5 Å². The van der Waals surface area contributed by atoms with Crippen molar-refractivity contribution in [2.45, 2.75) is 24.3 Å². The van der Waals surface area contributed by atoms with E-state index in [0.29, 0.717) is 24.2 Å². The highest BCUT2D eigenvalue weighted by molar-refractivity contribution is 7.89. The molecule has 0 N–H and O–H groups in total. The highest BCUT2D eigenvalue weighted by atomic mass is 32.2. The molecule has 2 fully saturated rings. The number of benzene rings is 2. The highest BCUT2D eigenvalue weighted by Crippen LogP contribution is 2.43. The van der Waals surface area contributed by atoms with Gasteiger partial charge in [-0.2, -0.15) is 4.31 Å². The largest absolute Gasteiger partial charge is 0.379 e. The van der Waals surface area contributed by atoms with Gasteiger partial charge in [-0.05, 0) is 30.5 Å². The van der Waals surface area contributed by atoms with Crippen LogP contribution in [-0.2, 0) is 14.8 Å². The Balaban J connectivity index is 1.74. The topological polar surface area (TPSA) is 93.0 Å². The molecular weight excluding hydrogens is 425 g/mol. The van der Waals surface area contributed by atoms with Crippen LogP contribution in [0.3, 0.4) is 0 Å².